The van der Waals surface area contributed by atoms with Gasteiger partial charge in [-0.15, -0.1) is 11.3 Å². The van der Waals surface area contributed by atoms with E-state index in [-0.39, 0.29) is 11.9 Å². The lowest BCUT2D eigenvalue weighted by atomic mass is 10.1. The highest BCUT2D eigenvalue weighted by molar-refractivity contribution is 7.09. The topological polar surface area (TPSA) is 71.2 Å². The van der Waals surface area contributed by atoms with Crippen molar-refractivity contribution in [1.29, 1.82) is 0 Å². The fourth-order valence-corrected chi connectivity index (χ4v) is 2.54. The highest BCUT2D eigenvalue weighted by Crippen LogP contribution is 2.23. The lowest BCUT2D eigenvalue weighted by Gasteiger charge is -2.16. The van der Waals surface area contributed by atoms with Crippen LogP contribution in [0.5, 0.6) is 0 Å². The van der Waals surface area contributed by atoms with Crippen molar-refractivity contribution in [2.45, 2.75) is 13.0 Å². The number of amides is 1. The standard InChI is InChI=1S/C14H18N4OS/c1-9(14-16-6-7-20-14)17-13(19)10-4-5-12(18(2)3)11(15)8-10/h4-9H,15H2,1-3H3,(H,17,19). The van der Waals surface area contributed by atoms with Gasteiger partial charge in [0.1, 0.15) is 5.01 Å². The first-order valence-electron chi connectivity index (χ1n) is 6.26. The molecule has 0 aliphatic rings. The van der Waals surface area contributed by atoms with Crippen LogP contribution in [0.25, 0.3) is 0 Å². The number of thiazole rings is 1. The minimum atomic E-state index is -0.148. The number of carbonyl (C=O) groups is 1. The van der Waals surface area contributed by atoms with E-state index in [2.05, 4.69) is 10.3 Å². The molecule has 1 aromatic carbocycles. The Bertz CT molecular complexity index is 595. The summed E-state index contributed by atoms with van der Waals surface area (Å²) in [7, 11) is 3.83. The Morgan fingerprint density at radius 1 is 1.45 bits per heavy atom. The Balaban J connectivity index is 2.12. The van der Waals surface area contributed by atoms with Gasteiger partial charge in [0, 0.05) is 31.2 Å². The molecule has 6 heteroatoms. The first-order valence-corrected chi connectivity index (χ1v) is 7.14. The average Bonchev–Trinajstić information content (AvgIpc) is 2.91. The Morgan fingerprint density at radius 3 is 2.75 bits per heavy atom. The minimum Gasteiger partial charge on any atom is -0.397 e. The molecule has 1 atom stereocenters. The second-order valence-corrected chi connectivity index (χ2v) is 5.66. The molecule has 0 bridgehead atoms. The van der Waals surface area contributed by atoms with E-state index in [1.807, 2.05) is 37.4 Å². The second-order valence-electron chi connectivity index (χ2n) is 4.73. The van der Waals surface area contributed by atoms with E-state index in [4.69, 9.17) is 5.73 Å². The second kappa shape index (κ2) is 5.92. The van der Waals surface area contributed by atoms with E-state index in [0.29, 0.717) is 11.3 Å². The molecule has 1 aromatic heterocycles. The molecule has 5 nitrogen and oxygen atoms in total. The van der Waals surface area contributed by atoms with Crippen LogP contribution in [-0.2, 0) is 0 Å². The van der Waals surface area contributed by atoms with Gasteiger partial charge in [-0.2, -0.15) is 0 Å². The van der Waals surface area contributed by atoms with E-state index in [0.717, 1.165) is 10.7 Å². The SMILES string of the molecule is CC(NC(=O)c1ccc(N(C)C)c(N)c1)c1nccs1. The van der Waals surface area contributed by atoms with E-state index < -0.39 is 0 Å². The van der Waals surface area contributed by atoms with Crippen molar-refractivity contribution in [3.05, 3.63) is 40.3 Å². The van der Waals surface area contributed by atoms with Gasteiger partial charge in [0.05, 0.1) is 17.4 Å². The summed E-state index contributed by atoms with van der Waals surface area (Å²) in [6, 6.07) is 5.20. The predicted molar refractivity (Wildman–Crippen MR) is 83.2 cm³/mol. The number of nitrogen functional groups attached to an aromatic ring is 1. The van der Waals surface area contributed by atoms with Gasteiger partial charge in [-0.05, 0) is 25.1 Å². The molecule has 106 valence electrons. The third kappa shape index (κ3) is 3.08. The first-order chi connectivity index (χ1) is 9.49. The van der Waals surface area contributed by atoms with Gasteiger partial charge in [-0.25, -0.2) is 4.98 Å². The average molecular weight is 290 g/mol. The molecule has 20 heavy (non-hydrogen) atoms. The lowest BCUT2D eigenvalue weighted by Crippen LogP contribution is -2.26. The maximum absolute atomic E-state index is 12.2. The van der Waals surface area contributed by atoms with Crippen LogP contribution in [0.4, 0.5) is 11.4 Å². The molecule has 1 amide bonds. The van der Waals surface area contributed by atoms with Crippen LogP contribution in [0.3, 0.4) is 0 Å². The summed E-state index contributed by atoms with van der Waals surface area (Å²) >= 11 is 1.52. The van der Waals surface area contributed by atoms with Crippen LogP contribution in [0.2, 0.25) is 0 Å². The van der Waals surface area contributed by atoms with Crippen LogP contribution in [-0.4, -0.2) is 25.0 Å². The number of nitrogens with one attached hydrogen (secondary N) is 1. The van der Waals surface area contributed by atoms with Gasteiger partial charge in [0.25, 0.3) is 5.91 Å². The Labute approximate surface area is 122 Å². The van der Waals surface area contributed by atoms with Crippen LogP contribution in [0.1, 0.15) is 28.3 Å². The molecular formula is C14H18N4OS. The van der Waals surface area contributed by atoms with Crippen LogP contribution in [0, 0.1) is 0 Å². The summed E-state index contributed by atoms with van der Waals surface area (Å²) in [6.07, 6.45) is 1.73. The van der Waals surface area contributed by atoms with Crippen molar-refractivity contribution in [3.8, 4) is 0 Å². The number of anilines is 2. The van der Waals surface area contributed by atoms with Crippen LogP contribution >= 0.6 is 11.3 Å². The molecule has 0 saturated heterocycles. The van der Waals surface area contributed by atoms with Gasteiger partial charge in [-0.1, -0.05) is 0 Å². The summed E-state index contributed by atoms with van der Waals surface area (Å²) in [5, 5.41) is 5.69. The van der Waals surface area contributed by atoms with Crippen LogP contribution in [0.15, 0.2) is 29.8 Å². The maximum atomic E-state index is 12.2. The molecule has 2 aromatic rings. The molecule has 0 radical (unpaired) electrons. The number of carbonyl (C=O) groups excluding carboxylic acids is 1. The third-order valence-corrected chi connectivity index (χ3v) is 3.90. The number of aromatic nitrogens is 1. The Morgan fingerprint density at radius 2 is 2.20 bits per heavy atom. The molecule has 0 fully saturated rings. The fourth-order valence-electron chi connectivity index (χ4n) is 1.89. The van der Waals surface area contributed by atoms with Crippen molar-refractivity contribution >= 4 is 28.6 Å². The number of hydrogen-bond donors (Lipinski definition) is 2. The number of benzene rings is 1. The summed E-state index contributed by atoms with van der Waals surface area (Å²) in [5.74, 6) is -0.148. The van der Waals surface area contributed by atoms with Gasteiger partial charge in [-0.3, -0.25) is 4.79 Å². The molecule has 0 aliphatic heterocycles. The van der Waals surface area contributed by atoms with Gasteiger partial charge in [0.15, 0.2) is 0 Å². The summed E-state index contributed by atoms with van der Waals surface area (Å²) in [5.41, 5.74) is 7.99. The molecule has 0 spiro atoms. The van der Waals surface area contributed by atoms with Gasteiger partial charge in [0.2, 0.25) is 0 Å². The summed E-state index contributed by atoms with van der Waals surface area (Å²) in [4.78, 5) is 18.3. The zero-order chi connectivity index (χ0) is 14.7. The van der Waals surface area contributed by atoms with Crippen molar-refractivity contribution in [2.24, 2.45) is 0 Å². The van der Waals surface area contributed by atoms with E-state index in [1.165, 1.54) is 11.3 Å². The van der Waals surface area contributed by atoms with Crippen molar-refractivity contribution in [2.75, 3.05) is 24.7 Å². The molecule has 2 rings (SSSR count). The smallest absolute Gasteiger partial charge is 0.251 e. The van der Waals surface area contributed by atoms with Gasteiger partial charge >= 0.3 is 0 Å². The van der Waals surface area contributed by atoms with Gasteiger partial charge < -0.3 is 16.0 Å². The van der Waals surface area contributed by atoms with Crippen molar-refractivity contribution in [1.82, 2.24) is 10.3 Å². The molecule has 1 unspecified atom stereocenters. The predicted octanol–water partition coefficient (Wildman–Crippen LogP) is 2.28. The number of hydrogen-bond acceptors (Lipinski definition) is 5. The summed E-state index contributed by atoms with van der Waals surface area (Å²) in [6.45, 7) is 1.91. The number of nitrogens with two attached hydrogens (primary N) is 1. The first kappa shape index (κ1) is 14.3. The minimum absolute atomic E-state index is 0.114. The van der Waals surface area contributed by atoms with E-state index in [1.54, 1.807) is 18.3 Å². The quantitative estimate of drug-likeness (QED) is 0.847. The van der Waals surface area contributed by atoms with E-state index in [9.17, 15) is 4.79 Å². The normalized spacial score (nSPS) is 11.9. The molecule has 0 aliphatic carbocycles. The highest BCUT2D eigenvalue weighted by Gasteiger charge is 2.14. The zero-order valence-electron chi connectivity index (χ0n) is 11.8. The molecule has 1 heterocycles. The monoisotopic (exact) mass is 290 g/mol. The summed E-state index contributed by atoms with van der Waals surface area (Å²) < 4.78 is 0. The number of rotatable bonds is 4. The molecule has 0 saturated carbocycles. The lowest BCUT2D eigenvalue weighted by molar-refractivity contribution is 0.0940. The molecule has 3 N–H and O–H groups in total. The van der Waals surface area contributed by atoms with E-state index >= 15 is 0 Å². The highest BCUT2D eigenvalue weighted by atomic mass is 32.1. The largest absolute Gasteiger partial charge is 0.397 e. The molecular weight excluding hydrogens is 272 g/mol. The van der Waals surface area contributed by atoms with Crippen molar-refractivity contribution < 1.29 is 4.79 Å². The fraction of sp³-hybridized carbons (Fsp3) is 0.286. The Kier molecular flexibility index (Phi) is 4.24. The Hall–Kier alpha value is -2.08. The number of nitrogens with zero attached hydrogens (tertiary/aromatic N) is 2. The zero-order valence-corrected chi connectivity index (χ0v) is 12.6. The third-order valence-electron chi connectivity index (χ3n) is 2.94. The maximum Gasteiger partial charge on any atom is 0.251 e. The van der Waals surface area contributed by atoms with Crippen LogP contribution < -0.4 is 16.0 Å². The van der Waals surface area contributed by atoms with Crippen molar-refractivity contribution in [3.63, 3.8) is 0 Å².